The molecule has 0 aromatic heterocycles. The Hall–Kier alpha value is -1.28. The van der Waals surface area contributed by atoms with Gasteiger partial charge >= 0.3 is 0 Å². The molecule has 0 saturated carbocycles. The van der Waals surface area contributed by atoms with Gasteiger partial charge in [0.05, 0.1) is 6.61 Å². The monoisotopic (exact) mass is 219 g/mol. The van der Waals surface area contributed by atoms with Crippen LogP contribution in [0.3, 0.4) is 0 Å². The molecule has 2 nitrogen and oxygen atoms in total. The molecule has 1 aromatic carbocycles. The summed E-state index contributed by atoms with van der Waals surface area (Å²) in [6.45, 7) is 8.44. The highest BCUT2D eigenvalue weighted by Crippen LogP contribution is 2.25. The number of aryl methyl sites for hydroxylation is 1. The van der Waals surface area contributed by atoms with Crippen LogP contribution in [0.1, 0.15) is 36.9 Å². The molecule has 0 heterocycles. The van der Waals surface area contributed by atoms with Gasteiger partial charge in [0.2, 0.25) is 0 Å². The van der Waals surface area contributed by atoms with Gasteiger partial charge in [-0.05, 0) is 32.8 Å². The lowest BCUT2D eigenvalue weighted by Gasteiger charge is -2.14. The van der Waals surface area contributed by atoms with Crippen molar-refractivity contribution in [3.8, 4) is 5.75 Å². The van der Waals surface area contributed by atoms with Crippen molar-refractivity contribution in [3.63, 3.8) is 0 Å². The second-order valence-corrected chi connectivity index (χ2v) is 4.11. The number of benzene rings is 1. The zero-order valence-electron chi connectivity index (χ0n) is 10.2. The third kappa shape index (κ3) is 3.70. The lowest BCUT2D eigenvalue weighted by atomic mass is 10.1. The summed E-state index contributed by atoms with van der Waals surface area (Å²) in [6, 6.07) is 6.15. The average Bonchev–Trinajstić information content (AvgIpc) is 2.26. The van der Waals surface area contributed by atoms with E-state index in [2.05, 4.69) is 25.6 Å². The molecule has 0 amide bonds. The first kappa shape index (κ1) is 12.8. The van der Waals surface area contributed by atoms with Crippen LogP contribution in [-0.2, 0) is 0 Å². The minimum Gasteiger partial charge on any atom is -0.493 e. The summed E-state index contributed by atoms with van der Waals surface area (Å²) in [4.78, 5) is 0. The van der Waals surface area contributed by atoms with Gasteiger partial charge in [-0.2, -0.15) is 0 Å². The zero-order chi connectivity index (χ0) is 12.0. The number of hydrogen-bond donors (Lipinski definition) is 1. The molecule has 0 aliphatic heterocycles. The van der Waals surface area contributed by atoms with Crippen LogP contribution in [0, 0.1) is 6.92 Å². The SMILES string of the molecule is C=CCCCOc1ccc(C)cc1[C@H](C)N. The van der Waals surface area contributed by atoms with Crippen LogP contribution >= 0.6 is 0 Å². The lowest BCUT2D eigenvalue weighted by Crippen LogP contribution is -2.09. The summed E-state index contributed by atoms with van der Waals surface area (Å²) in [7, 11) is 0. The van der Waals surface area contributed by atoms with Crippen LogP contribution < -0.4 is 10.5 Å². The zero-order valence-corrected chi connectivity index (χ0v) is 10.2. The molecule has 1 atom stereocenters. The summed E-state index contributed by atoms with van der Waals surface area (Å²) >= 11 is 0. The maximum absolute atomic E-state index is 5.92. The smallest absolute Gasteiger partial charge is 0.124 e. The molecule has 1 aromatic rings. The van der Waals surface area contributed by atoms with Crippen molar-refractivity contribution in [3.05, 3.63) is 42.0 Å². The first-order chi connectivity index (χ1) is 7.65. The standard InChI is InChI=1S/C14H21NO/c1-4-5-6-9-16-14-8-7-11(2)10-13(14)12(3)15/h4,7-8,10,12H,1,5-6,9,15H2,2-3H3/t12-/m0/s1. The predicted octanol–water partition coefficient (Wildman–Crippen LogP) is 3.36. The fourth-order valence-corrected chi connectivity index (χ4v) is 1.56. The van der Waals surface area contributed by atoms with E-state index < -0.39 is 0 Å². The Kier molecular flexibility index (Phi) is 5.06. The second kappa shape index (κ2) is 6.33. The first-order valence-corrected chi connectivity index (χ1v) is 5.75. The fraction of sp³-hybridized carbons (Fsp3) is 0.429. The van der Waals surface area contributed by atoms with Crippen LogP contribution in [0.15, 0.2) is 30.9 Å². The topological polar surface area (TPSA) is 35.2 Å². The summed E-state index contributed by atoms with van der Waals surface area (Å²) in [6.07, 6.45) is 3.89. The van der Waals surface area contributed by atoms with Gasteiger partial charge in [0.25, 0.3) is 0 Å². The summed E-state index contributed by atoms with van der Waals surface area (Å²) in [5.74, 6) is 0.907. The number of allylic oxidation sites excluding steroid dienone is 1. The Balaban J connectivity index is 2.67. The van der Waals surface area contributed by atoms with E-state index in [0.29, 0.717) is 0 Å². The van der Waals surface area contributed by atoms with Crippen LogP contribution in [0.4, 0.5) is 0 Å². The van der Waals surface area contributed by atoms with Crippen molar-refractivity contribution >= 4 is 0 Å². The highest BCUT2D eigenvalue weighted by atomic mass is 16.5. The number of hydrogen-bond acceptors (Lipinski definition) is 2. The Morgan fingerprint density at radius 2 is 2.25 bits per heavy atom. The molecule has 2 heteroatoms. The molecule has 16 heavy (non-hydrogen) atoms. The van der Waals surface area contributed by atoms with E-state index in [0.717, 1.165) is 30.8 Å². The number of ether oxygens (including phenoxy) is 1. The van der Waals surface area contributed by atoms with E-state index in [9.17, 15) is 0 Å². The van der Waals surface area contributed by atoms with Gasteiger partial charge < -0.3 is 10.5 Å². The molecule has 0 bridgehead atoms. The molecule has 88 valence electrons. The van der Waals surface area contributed by atoms with Crippen LogP contribution in [0.2, 0.25) is 0 Å². The van der Waals surface area contributed by atoms with Crippen LogP contribution in [0.25, 0.3) is 0 Å². The van der Waals surface area contributed by atoms with E-state index in [1.807, 2.05) is 19.1 Å². The minimum absolute atomic E-state index is 0.00862. The third-order valence-corrected chi connectivity index (χ3v) is 2.47. The predicted molar refractivity (Wildman–Crippen MR) is 68.7 cm³/mol. The summed E-state index contributed by atoms with van der Waals surface area (Å²) in [5, 5.41) is 0. The van der Waals surface area contributed by atoms with Crippen molar-refractivity contribution in [2.75, 3.05) is 6.61 Å². The lowest BCUT2D eigenvalue weighted by molar-refractivity contribution is 0.307. The van der Waals surface area contributed by atoms with Gasteiger partial charge in [-0.25, -0.2) is 0 Å². The molecule has 0 aliphatic carbocycles. The van der Waals surface area contributed by atoms with E-state index in [1.54, 1.807) is 0 Å². The summed E-state index contributed by atoms with van der Waals surface area (Å²) in [5.41, 5.74) is 8.21. The van der Waals surface area contributed by atoms with Crippen molar-refractivity contribution in [2.24, 2.45) is 5.73 Å². The van der Waals surface area contributed by atoms with Gasteiger partial charge in [-0.15, -0.1) is 6.58 Å². The molecular formula is C14H21NO. The number of rotatable bonds is 6. The van der Waals surface area contributed by atoms with Gasteiger partial charge in [-0.3, -0.25) is 0 Å². The molecule has 0 unspecified atom stereocenters. The molecule has 0 radical (unpaired) electrons. The third-order valence-electron chi connectivity index (χ3n) is 2.47. The molecule has 2 N–H and O–H groups in total. The summed E-state index contributed by atoms with van der Waals surface area (Å²) < 4.78 is 5.73. The van der Waals surface area contributed by atoms with E-state index >= 15 is 0 Å². The van der Waals surface area contributed by atoms with Crippen LogP contribution in [0.5, 0.6) is 5.75 Å². The molecule has 0 saturated heterocycles. The quantitative estimate of drug-likeness (QED) is 0.588. The van der Waals surface area contributed by atoms with Crippen LogP contribution in [-0.4, -0.2) is 6.61 Å². The normalized spacial score (nSPS) is 12.2. The highest BCUT2D eigenvalue weighted by molar-refractivity contribution is 5.38. The maximum Gasteiger partial charge on any atom is 0.124 e. The first-order valence-electron chi connectivity index (χ1n) is 5.75. The van der Waals surface area contributed by atoms with Crippen molar-refractivity contribution in [1.29, 1.82) is 0 Å². The molecule has 0 fully saturated rings. The molecular weight excluding hydrogens is 198 g/mol. The number of nitrogens with two attached hydrogens (primary N) is 1. The van der Waals surface area contributed by atoms with E-state index in [4.69, 9.17) is 10.5 Å². The number of unbranched alkanes of at least 4 members (excludes halogenated alkanes) is 1. The largest absolute Gasteiger partial charge is 0.493 e. The van der Waals surface area contributed by atoms with Gasteiger partial charge in [0, 0.05) is 11.6 Å². The van der Waals surface area contributed by atoms with Gasteiger partial charge in [0.1, 0.15) is 5.75 Å². The molecule has 0 spiro atoms. The van der Waals surface area contributed by atoms with Crippen molar-refractivity contribution < 1.29 is 4.74 Å². The molecule has 0 aliphatic rings. The molecule has 1 rings (SSSR count). The van der Waals surface area contributed by atoms with Gasteiger partial charge in [0.15, 0.2) is 0 Å². The maximum atomic E-state index is 5.92. The second-order valence-electron chi connectivity index (χ2n) is 4.11. The van der Waals surface area contributed by atoms with Gasteiger partial charge in [-0.1, -0.05) is 23.8 Å². The Labute approximate surface area is 98.1 Å². The van der Waals surface area contributed by atoms with Crippen molar-refractivity contribution in [1.82, 2.24) is 0 Å². The highest BCUT2D eigenvalue weighted by Gasteiger charge is 2.07. The Morgan fingerprint density at radius 1 is 1.50 bits per heavy atom. The Bertz CT molecular complexity index is 345. The fourth-order valence-electron chi connectivity index (χ4n) is 1.56. The van der Waals surface area contributed by atoms with E-state index in [-0.39, 0.29) is 6.04 Å². The van der Waals surface area contributed by atoms with E-state index in [1.165, 1.54) is 5.56 Å². The average molecular weight is 219 g/mol. The Morgan fingerprint density at radius 3 is 2.88 bits per heavy atom. The van der Waals surface area contributed by atoms with Crippen molar-refractivity contribution in [2.45, 2.75) is 32.7 Å². The minimum atomic E-state index is 0.00862.